The summed E-state index contributed by atoms with van der Waals surface area (Å²) in [5, 5.41) is 86.0. The number of aliphatic carboxylic acids is 2. The molecule has 39 nitrogen and oxygen atoms in total. The quantitative estimate of drug-likeness (QED) is 0.0375. The van der Waals surface area contributed by atoms with Crippen LogP contribution in [0.3, 0.4) is 0 Å². The van der Waals surface area contributed by atoms with Crippen LogP contribution in [0.1, 0.15) is 6.92 Å². The van der Waals surface area contributed by atoms with Crippen molar-refractivity contribution in [1.82, 2.24) is 10.0 Å². The summed E-state index contributed by atoms with van der Waals surface area (Å²) in [6.45, 7) is -2.24. The third-order valence-electron chi connectivity index (χ3n) is 9.68. The summed E-state index contributed by atoms with van der Waals surface area (Å²) in [7, 11) is -29.1. The SMILES string of the molecule is CC(=O)N[C@@H]1[C@@H](O)[C@H](O[C@@H]2O[C@H](C(=O)O)[C@@H](O[C@@H]3O[C@H](CO)[C@@H](O[C@H]4O[C@@H](C(=O)O)[C@H](O)[C@@H](O)[C@@H]4OS(=O)(=O)O)[C@H](OS(=O)(=O)O)[C@H]3NS(=O)(=O)O)[C@H](O)[C@H]2OS(=O)(=O)O)[C@H](COS(=O)(=O)O)O[C@H]1O.[AlH3].[MgH2]. The van der Waals surface area contributed by atoms with E-state index in [-0.39, 0.29) is 40.4 Å². The van der Waals surface area contributed by atoms with Gasteiger partial charge in [0.25, 0.3) is 0 Å². The van der Waals surface area contributed by atoms with Gasteiger partial charge in [-0.25, -0.2) is 26.3 Å². The summed E-state index contributed by atoms with van der Waals surface area (Å²) in [6, 6.07) is -4.96. The molecule has 0 aromatic rings. The molecule has 0 aliphatic carbocycles. The summed E-state index contributed by atoms with van der Waals surface area (Å²) in [6.07, 6.45) is -49.1. The Morgan fingerprint density at radius 3 is 1.43 bits per heavy atom. The molecule has 46 heteroatoms. The molecular weight excluding hydrogens is 1140 g/mol. The molecule has 0 aromatic carbocycles. The fourth-order valence-corrected chi connectivity index (χ4v) is 9.43. The number of amides is 1. The normalized spacial score (nSPS) is 38.1. The molecule has 4 aliphatic rings. The van der Waals surface area contributed by atoms with Crippen molar-refractivity contribution in [3.63, 3.8) is 0 Å². The van der Waals surface area contributed by atoms with Gasteiger partial charge in [-0.05, 0) is 0 Å². The molecule has 4 saturated heterocycles. The molecule has 0 saturated carbocycles. The molecule has 0 spiro atoms. The van der Waals surface area contributed by atoms with E-state index in [9.17, 15) is 116 Å². The van der Waals surface area contributed by atoms with E-state index >= 15 is 0 Å². The summed E-state index contributed by atoms with van der Waals surface area (Å²) in [4.78, 5) is 36.4. The zero-order valence-corrected chi connectivity index (χ0v) is 38.2. The first-order valence-corrected chi connectivity index (χ1v) is 25.4. The molecule has 0 aromatic heterocycles. The number of aliphatic hydroxyl groups is 6. The topological polar surface area (TPSA) is 610 Å². The number of hydrogen-bond acceptors (Lipinski definition) is 30. The molecule has 0 unspecified atom stereocenters. The van der Waals surface area contributed by atoms with Crippen molar-refractivity contribution >= 4 is 110 Å². The van der Waals surface area contributed by atoms with Gasteiger partial charge in [-0.3, -0.25) is 27.6 Å². The average Bonchev–Trinajstić information content (AvgIpc) is 3.18. The number of hydrogen-bond donors (Lipinski definition) is 15. The van der Waals surface area contributed by atoms with E-state index in [1.807, 2.05) is 5.32 Å². The zero-order valence-electron chi connectivity index (χ0n) is 34.1. The van der Waals surface area contributed by atoms with Crippen LogP contribution in [0.2, 0.25) is 0 Å². The van der Waals surface area contributed by atoms with Crippen LogP contribution in [-0.2, 0) is 116 Å². The van der Waals surface area contributed by atoms with Crippen molar-refractivity contribution in [1.29, 1.82) is 0 Å². The van der Waals surface area contributed by atoms with Crippen molar-refractivity contribution in [2.24, 2.45) is 0 Å². The number of carboxylic acids is 2. The Morgan fingerprint density at radius 2 is 0.986 bits per heavy atom. The highest BCUT2D eigenvalue weighted by Crippen LogP contribution is 2.37. The molecule has 0 bridgehead atoms. The number of carbonyl (C=O) groups excluding carboxylic acids is 1. The lowest BCUT2D eigenvalue weighted by atomic mass is 9.94. The van der Waals surface area contributed by atoms with Gasteiger partial charge >= 0.3 is 86.9 Å². The number of nitrogens with one attached hydrogen (secondary N) is 2. The van der Waals surface area contributed by atoms with Crippen LogP contribution in [0.4, 0.5) is 0 Å². The monoisotopic (exact) mass is 1190 g/mol. The molecule has 1 amide bonds. The lowest BCUT2D eigenvalue weighted by molar-refractivity contribution is -0.366. The van der Waals surface area contributed by atoms with E-state index in [0.717, 1.165) is 6.92 Å². The molecular formula is C26H47AlMgN2O37S5. The number of aliphatic hydroxyl groups excluding tert-OH is 6. The molecule has 20 atom stereocenters. The van der Waals surface area contributed by atoms with E-state index in [0.29, 0.717) is 0 Å². The Balaban J connectivity index is 0.00000888. The number of carbonyl (C=O) groups is 3. The molecule has 418 valence electrons. The standard InChI is InChI=1S/C26H42N2O37S5.Al.Mg.5H/c1-4(30)27-7-9(31)13(6(56-23(7)39)3-55-67(43,44)45)58-26-19(65-70(52,53)54)12(34)16(20(62-26)22(37)38)60-24-8(28-66(40,41)42)15(63-68(46,47)48)14(5(2-29)57-24)59-25-18(64-69(49,50)51)11(33)10(32)17(61-25)21(35)36;;;;;;;/h5-20,23-26,28-29,31-34,39H,2-3H2,1H3,(H,27,30)(H,35,36)(H,37,38)(H,40,41,42)(H,43,44,45)(H,46,47,48)(H,49,50,51)(H,52,53,54);;;;;;;/t5-,6+,7-,8-,9-,10-,11-,12+,13-,14-,15-,16+,17-,18+,19-,20+,23-,24+,25+,26-;;;;;;;/m1......./s1. The fraction of sp³-hybridized carbons (Fsp3) is 0.885. The van der Waals surface area contributed by atoms with Crippen LogP contribution in [0.15, 0.2) is 0 Å². The highest BCUT2D eigenvalue weighted by molar-refractivity contribution is 7.83. The maximum Gasteiger partial charge on any atom is 0.397 e. The Kier molecular flexibility index (Phi) is 23.9. The molecule has 4 rings (SSSR count). The molecule has 15 N–H and O–H groups in total. The van der Waals surface area contributed by atoms with Gasteiger partial charge in [-0.15, -0.1) is 0 Å². The van der Waals surface area contributed by atoms with Crippen molar-refractivity contribution < 1.29 is 170 Å². The summed E-state index contributed by atoms with van der Waals surface area (Å²) < 4.78 is 222. The first-order valence-electron chi connectivity index (χ1n) is 18.5. The second kappa shape index (κ2) is 25.8. The van der Waals surface area contributed by atoms with Gasteiger partial charge in [-0.2, -0.15) is 46.8 Å². The van der Waals surface area contributed by atoms with Crippen LogP contribution in [-0.4, -0.2) is 300 Å². The van der Waals surface area contributed by atoms with Gasteiger partial charge < -0.3 is 79.3 Å². The minimum atomic E-state index is -6.09. The van der Waals surface area contributed by atoms with Gasteiger partial charge in [0.05, 0.1) is 13.2 Å². The second-order valence-electron chi connectivity index (χ2n) is 14.6. The zero-order chi connectivity index (χ0) is 53.4. The maximum absolute atomic E-state index is 12.7. The highest BCUT2D eigenvalue weighted by Gasteiger charge is 2.60. The van der Waals surface area contributed by atoms with Crippen LogP contribution in [0.25, 0.3) is 0 Å². The van der Waals surface area contributed by atoms with E-state index < -0.39 is 206 Å². The van der Waals surface area contributed by atoms with Gasteiger partial charge in [0, 0.05) is 6.92 Å². The molecule has 4 heterocycles. The average molecular weight is 1190 g/mol. The first kappa shape index (κ1) is 66.6. The van der Waals surface area contributed by atoms with Crippen LogP contribution >= 0.6 is 0 Å². The minimum Gasteiger partial charge on any atom is -0.479 e. The second-order valence-corrected chi connectivity index (χ2v) is 20.0. The minimum absolute atomic E-state index is 0. The number of ether oxygens (including phenoxy) is 7. The van der Waals surface area contributed by atoms with E-state index in [2.05, 4.69) is 16.7 Å². The summed E-state index contributed by atoms with van der Waals surface area (Å²) in [5.74, 6) is -5.49. The maximum atomic E-state index is 12.7. The Labute approximate surface area is 430 Å². The van der Waals surface area contributed by atoms with E-state index in [1.54, 1.807) is 0 Å². The highest BCUT2D eigenvalue weighted by atomic mass is 32.3. The van der Waals surface area contributed by atoms with Crippen LogP contribution < -0.4 is 10.0 Å². The summed E-state index contributed by atoms with van der Waals surface area (Å²) >= 11 is 0. The predicted octanol–water partition coefficient (Wildman–Crippen LogP) is -12.8. The first-order chi connectivity index (χ1) is 31.8. The fourth-order valence-electron chi connectivity index (χ4n) is 7.05. The van der Waals surface area contributed by atoms with Crippen molar-refractivity contribution in [3.05, 3.63) is 0 Å². The van der Waals surface area contributed by atoms with Crippen molar-refractivity contribution in [3.8, 4) is 0 Å². The lowest BCUT2D eigenvalue weighted by Crippen LogP contribution is -2.71. The van der Waals surface area contributed by atoms with Crippen LogP contribution in [0.5, 0.6) is 0 Å². The molecule has 4 aliphatic heterocycles. The number of carboxylic acid groups (broad SMARTS) is 2. The largest absolute Gasteiger partial charge is 0.479 e. The van der Waals surface area contributed by atoms with Gasteiger partial charge in [0.15, 0.2) is 66.9 Å². The van der Waals surface area contributed by atoms with Gasteiger partial charge in [-0.1, -0.05) is 0 Å². The third kappa shape index (κ3) is 18.3. The predicted molar refractivity (Wildman–Crippen MR) is 219 cm³/mol. The van der Waals surface area contributed by atoms with Crippen molar-refractivity contribution in [2.45, 2.75) is 130 Å². The lowest BCUT2D eigenvalue weighted by Gasteiger charge is -2.50. The third-order valence-corrected chi connectivity index (χ3v) is 12.1. The summed E-state index contributed by atoms with van der Waals surface area (Å²) in [5.41, 5.74) is 0. The number of rotatable bonds is 21. The smallest absolute Gasteiger partial charge is 0.397 e. The van der Waals surface area contributed by atoms with Gasteiger partial charge in [0.1, 0.15) is 73.1 Å². The van der Waals surface area contributed by atoms with E-state index in [1.165, 1.54) is 4.72 Å². The Hall–Kier alpha value is -1.46. The van der Waals surface area contributed by atoms with Crippen molar-refractivity contribution in [2.75, 3.05) is 13.2 Å². The Bertz CT molecular complexity index is 2460. The molecule has 0 radical (unpaired) electrons. The Morgan fingerprint density at radius 1 is 0.528 bits per heavy atom. The van der Waals surface area contributed by atoms with Crippen LogP contribution in [0, 0.1) is 0 Å². The van der Waals surface area contributed by atoms with Gasteiger partial charge in [0.2, 0.25) is 5.91 Å². The molecule has 4 fully saturated rings. The molecule has 72 heavy (non-hydrogen) atoms. The van der Waals surface area contributed by atoms with E-state index in [4.69, 9.17) is 37.7 Å².